The van der Waals surface area contributed by atoms with Crippen LogP contribution in [0.2, 0.25) is 0 Å². The Morgan fingerprint density at radius 3 is 2.55 bits per heavy atom. The molecule has 11 heteroatoms. The van der Waals surface area contributed by atoms with Gasteiger partial charge in [-0.15, -0.1) is 10.2 Å². The molecule has 0 bridgehead atoms. The van der Waals surface area contributed by atoms with Crippen LogP contribution in [-0.2, 0) is 21.4 Å². The van der Waals surface area contributed by atoms with Gasteiger partial charge in [-0.25, -0.2) is 12.7 Å². The zero-order valence-electron chi connectivity index (χ0n) is 16.1. The number of aromatic nitrogens is 4. The lowest BCUT2D eigenvalue weighted by atomic mass is 10.2. The molecule has 0 saturated heterocycles. The molecule has 10 nitrogen and oxygen atoms in total. The van der Waals surface area contributed by atoms with E-state index >= 15 is 0 Å². The summed E-state index contributed by atoms with van der Waals surface area (Å²) >= 11 is 0. The van der Waals surface area contributed by atoms with Gasteiger partial charge >= 0.3 is 0 Å². The number of benzene rings is 2. The molecule has 1 heterocycles. The van der Waals surface area contributed by atoms with Crippen LogP contribution in [0.25, 0.3) is 11.4 Å². The minimum absolute atomic E-state index is 0.0481. The number of carbonyl (C=O) groups is 1. The second-order valence-corrected chi connectivity index (χ2v) is 8.33. The lowest BCUT2D eigenvalue weighted by Gasteiger charge is -2.15. The van der Waals surface area contributed by atoms with E-state index in [1.807, 2.05) is 30.3 Å². The number of amides is 1. The van der Waals surface area contributed by atoms with Gasteiger partial charge in [-0.2, -0.15) is 4.80 Å². The molecular weight excluding hydrogens is 396 g/mol. The molecule has 0 saturated carbocycles. The van der Waals surface area contributed by atoms with Crippen molar-refractivity contribution in [2.24, 2.45) is 0 Å². The largest absolute Gasteiger partial charge is 0.495 e. The SMILES string of the molecule is COc1ccc(NC(=O)Cn2nnc(-c3ccccc3)n2)cc1S(=O)(=O)N(C)C. The van der Waals surface area contributed by atoms with Gasteiger partial charge in [0.2, 0.25) is 21.8 Å². The Balaban J connectivity index is 1.75. The first-order chi connectivity index (χ1) is 13.8. The van der Waals surface area contributed by atoms with Crippen molar-refractivity contribution >= 4 is 21.6 Å². The molecule has 0 unspecified atom stereocenters. The van der Waals surface area contributed by atoms with Crippen LogP contribution in [0.3, 0.4) is 0 Å². The second kappa shape index (κ2) is 8.37. The number of hydrogen-bond donors (Lipinski definition) is 1. The molecule has 3 aromatic rings. The summed E-state index contributed by atoms with van der Waals surface area (Å²) in [5.41, 5.74) is 1.09. The standard InChI is InChI=1S/C18H20N6O4S/c1-23(2)29(26,27)16-11-14(9-10-15(16)28-3)19-17(25)12-24-21-18(20-22-24)13-7-5-4-6-8-13/h4-11H,12H2,1-3H3,(H,19,25). The number of methoxy groups -OCH3 is 1. The fourth-order valence-corrected chi connectivity index (χ4v) is 3.57. The number of rotatable bonds is 7. The maximum atomic E-state index is 12.5. The summed E-state index contributed by atoms with van der Waals surface area (Å²) in [7, 11) is 0.466. The molecule has 152 valence electrons. The van der Waals surface area contributed by atoms with E-state index in [0.29, 0.717) is 11.5 Å². The van der Waals surface area contributed by atoms with E-state index in [2.05, 4.69) is 20.7 Å². The van der Waals surface area contributed by atoms with E-state index in [-0.39, 0.29) is 17.2 Å². The van der Waals surface area contributed by atoms with E-state index in [9.17, 15) is 13.2 Å². The summed E-state index contributed by atoms with van der Waals surface area (Å²) in [6.07, 6.45) is 0. The zero-order valence-corrected chi connectivity index (χ0v) is 16.9. The first-order valence-electron chi connectivity index (χ1n) is 8.55. The summed E-state index contributed by atoms with van der Waals surface area (Å²) < 4.78 is 31.2. The molecule has 0 aliphatic carbocycles. The third-order valence-corrected chi connectivity index (χ3v) is 5.81. The number of sulfonamides is 1. The first-order valence-corrected chi connectivity index (χ1v) is 9.99. The Bertz CT molecular complexity index is 1110. The topological polar surface area (TPSA) is 119 Å². The highest BCUT2D eigenvalue weighted by Crippen LogP contribution is 2.28. The first kappa shape index (κ1) is 20.4. The number of ether oxygens (including phenoxy) is 1. The summed E-state index contributed by atoms with van der Waals surface area (Å²) in [6, 6.07) is 13.6. The van der Waals surface area contributed by atoms with Crippen LogP contribution >= 0.6 is 0 Å². The quantitative estimate of drug-likeness (QED) is 0.615. The second-order valence-electron chi connectivity index (χ2n) is 6.21. The number of nitrogens with one attached hydrogen (secondary N) is 1. The van der Waals surface area contributed by atoms with Gasteiger partial charge < -0.3 is 10.1 Å². The highest BCUT2D eigenvalue weighted by molar-refractivity contribution is 7.89. The Hall–Kier alpha value is -3.31. The highest BCUT2D eigenvalue weighted by Gasteiger charge is 2.23. The molecule has 0 fully saturated rings. The number of nitrogens with zero attached hydrogens (tertiary/aromatic N) is 5. The van der Waals surface area contributed by atoms with Crippen LogP contribution in [0, 0.1) is 0 Å². The summed E-state index contributed by atoms with van der Waals surface area (Å²) in [6.45, 7) is -0.179. The van der Waals surface area contributed by atoms with E-state index in [4.69, 9.17) is 4.74 Å². The van der Waals surface area contributed by atoms with Crippen molar-refractivity contribution in [2.45, 2.75) is 11.4 Å². The van der Waals surface area contributed by atoms with Gasteiger partial charge in [0.1, 0.15) is 17.2 Å². The fourth-order valence-electron chi connectivity index (χ4n) is 2.49. The molecule has 1 amide bonds. The van der Waals surface area contributed by atoms with Gasteiger partial charge in [-0.3, -0.25) is 4.79 Å². The predicted molar refractivity (Wildman–Crippen MR) is 106 cm³/mol. The molecular formula is C18H20N6O4S. The van der Waals surface area contributed by atoms with E-state index in [0.717, 1.165) is 9.87 Å². The van der Waals surface area contributed by atoms with Gasteiger partial charge in [0.25, 0.3) is 0 Å². The van der Waals surface area contributed by atoms with Crippen molar-refractivity contribution in [2.75, 3.05) is 26.5 Å². The van der Waals surface area contributed by atoms with E-state index in [1.54, 1.807) is 6.07 Å². The van der Waals surface area contributed by atoms with Crippen molar-refractivity contribution in [1.82, 2.24) is 24.5 Å². The maximum Gasteiger partial charge on any atom is 0.248 e. The molecule has 29 heavy (non-hydrogen) atoms. The van der Waals surface area contributed by atoms with E-state index in [1.165, 1.54) is 38.1 Å². The average Bonchev–Trinajstić information content (AvgIpc) is 3.16. The van der Waals surface area contributed by atoms with Crippen LogP contribution in [0.4, 0.5) is 5.69 Å². The molecule has 2 aromatic carbocycles. The number of hydrogen-bond acceptors (Lipinski definition) is 7. The van der Waals surface area contributed by atoms with Gasteiger partial charge in [0.15, 0.2) is 0 Å². The average molecular weight is 416 g/mol. The van der Waals surface area contributed by atoms with Crippen LogP contribution < -0.4 is 10.1 Å². The van der Waals surface area contributed by atoms with Gasteiger partial charge in [-0.05, 0) is 23.4 Å². The van der Waals surface area contributed by atoms with Crippen LogP contribution in [-0.4, -0.2) is 60.0 Å². The molecule has 0 aliphatic rings. The third-order valence-electron chi connectivity index (χ3n) is 3.98. The molecule has 0 radical (unpaired) electrons. The molecule has 0 aliphatic heterocycles. The minimum atomic E-state index is -3.75. The Morgan fingerprint density at radius 2 is 1.90 bits per heavy atom. The van der Waals surface area contributed by atoms with Crippen molar-refractivity contribution in [3.8, 4) is 17.1 Å². The van der Waals surface area contributed by atoms with E-state index < -0.39 is 15.9 Å². The van der Waals surface area contributed by atoms with Crippen molar-refractivity contribution < 1.29 is 17.9 Å². The fraction of sp³-hybridized carbons (Fsp3) is 0.222. The van der Waals surface area contributed by atoms with Crippen molar-refractivity contribution in [3.05, 3.63) is 48.5 Å². The number of tetrazole rings is 1. The lowest BCUT2D eigenvalue weighted by Crippen LogP contribution is -2.24. The zero-order chi connectivity index (χ0) is 21.0. The van der Waals surface area contributed by atoms with Crippen LogP contribution in [0.5, 0.6) is 5.75 Å². The molecule has 1 aromatic heterocycles. The summed E-state index contributed by atoms with van der Waals surface area (Å²) in [5.74, 6) is 0.157. The predicted octanol–water partition coefficient (Wildman–Crippen LogP) is 1.24. The molecule has 1 N–H and O–H groups in total. The van der Waals surface area contributed by atoms with Crippen LogP contribution in [0.1, 0.15) is 0 Å². The van der Waals surface area contributed by atoms with Gasteiger partial charge in [0.05, 0.1) is 7.11 Å². The third kappa shape index (κ3) is 4.58. The normalized spacial score (nSPS) is 11.4. The van der Waals surface area contributed by atoms with Gasteiger partial charge in [-0.1, -0.05) is 30.3 Å². The molecule has 0 spiro atoms. The van der Waals surface area contributed by atoms with Crippen molar-refractivity contribution in [3.63, 3.8) is 0 Å². The molecule has 0 atom stereocenters. The number of carbonyl (C=O) groups excluding carboxylic acids is 1. The Labute approximate surface area is 168 Å². The Kier molecular flexibility index (Phi) is 5.89. The van der Waals surface area contributed by atoms with Crippen LogP contribution in [0.15, 0.2) is 53.4 Å². The monoisotopic (exact) mass is 416 g/mol. The summed E-state index contributed by atoms with van der Waals surface area (Å²) in [4.78, 5) is 13.5. The minimum Gasteiger partial charge on any atom is -0.495 e. The summed E-state index contributed by atoms with van der Waals surface area (Å²) in [5, 5.41) is 14.6. The van der Waals surface area contributed by atoms with Crippen molar-refractivity contribution in [1.29, 1.82) is 0 Å². The Morgan fingerprint density at radius 1 is 1.17 bits per heavy atom. The maximum absolute atomic E-state index is 12.5. The smallest absolute Gasteiger partial charge is 0.248 e. The number of anilines is 1. The highest BCUT2D eigenvalue weighted by atomic mass is 32.2. The van der Waals surface area contributed by atoms with Gasteiger partial charge in [0, 0.05) is 25.3 Å². The molecule has 3 rings (SSSR count). The lowest BCUT2D eigenvalue weighted by molar-refractivity contribution is -0.117.